The molecule has 0 aliphatic carbocycles. The number of alkyl carbamates (subject to hydrolysis) is 1. The number of carbonyl (C=O) groups excluding carboxylic acids is 1. The van der Waals surface area contributed by atoms with E-state index < -0.39 is 23.6 Å². The summed E-state index contributed by atoms with van der Waals surface area (Å²) in [6, 6.07) is 10.2. The molecule has 0 saturated heterocycles. The van der Waals surface area contributed by atoms with Crippen LogP contribution in [0.1, 0.15) is 46.2 Å². The van der Waals surface area contributed by atoms with Crippen molar-refractivity contribution < 1.29 is 19.4 Å². The highest BCUT2D eigenvalue weighted by molar-refractivity contribution is 5.72. The zero-order chi connectivity index (χ0) is 18.0. The summed E-state index contributed by atoms with van der Waals surface area (Å²) in [5.41, 5.74) is 6.25. The first kappa shape index (κ1) is 20.9. The molecule has 4 N–H and O–H groups in total. The third kappa shape index (κ3) is 11.2. The Morgan fingerprint density at radius 2 is 1.74 bits per heavy atom. The first-order chi connectivity index (χ1) is 10.5. The van der Waals surface area contributed by atoms with E-state index >= 15 is 0 Å². The Morgan fingerprint density at radius 1 is 1.22 bits per heavy atom. The molecule has 0 unspecified atom stereocenters. The number of aliphatic carboxylic acids is 1. The van der Waals surface area contributed by atoms with E-state index in [0.717, 1.165) is 0 Å². The molecule has 1 aromatic rings. The molecule has 1 aromatic carbocycles. The van der Waals surface area contributed by atoms with Gasteiger partial charge in [0, 0.05) is 12.6 Å². The van der Waals surface area contributed by atoms with Crippen molar-refractivity contribution in [2.24, 2.45) is 11.7 Å². The maximum atomic E-state index is 11.1. The maximum Gasteiger partial charge on any atom is 0.407 e. The Hall–Kier alpha value is -2.08. The molecule has 0 bridgehead atoms. The van der Waals surface area contributed by atoms with Gasteiger partial charge < -0.3 is 20.9 Å². The molecule has 0 aliphatic heterocycles. The van der Waals surface area contributed by atoms with Crippen LogP contribution in [0.5, 0.6) is 0 Å². The number of amides is 1. The molecular formula is C17H28N2O4. The van der Waals surface area contributed by atoms with E-state index in [2.05, 4.69) is 5.32 Å². The van der Waals surface area contributed by atoms with Crippen LogP contribution >= 0.6 is 0 Å². The Morgan fingerprint density at radius 3 is 2.09 bits per heavy atom. The molecule has 0 fully saturated rings. The number of carbonyl (C=O) groups is 2. The molecule has 0 radical (unpaired) electrons. The van der Waals surface area contributed by atoms with Crippen LogP contribution in [0.3, 0.4) is 0 Å². The number of carboxylic acids is 1. The molecule has 0 spiro atoms. The Labute approximate surface area is 138 Å². The summed E-state index contributed by atoms with van der Waals surface area (Å²) in [6.45, 7) is 8.80. The number of nitrogens with one attached hydrogen (secondary N) is 1. The predicted octanol–water partition coefficient (Wildman–Crippen LogP) is 2.94. The Kier molecular flexibility index (Phi) is 8.95. The molecule has 0 aromatic heterocycles. The Bertz CT molecular complexity index is 481. The first-order valence-corrected chi connectivity index (χ1v) is 7.53. The van der Waals surface area contributed by atoms with Crippen molar-refractivity contribution in [2.75, 3.05) is 6.54 Å². The van der Waals surface area contributed by atoms with Crippen molar-refractivity contribution >= 4 is 12.1 Å². The fourth-order valence-corrected chi connectivity index (χ4v) is 1.39. The second-order valence-corrected chi connectivity index (χ2v) is 6.32. The van der Waals surface area contributed by atoms with Crippen molar-refractivity contribution in [3.63, 3.8) is 0 Å². The molecular weight excluding hydrogens is 296 g/mol. The van der Waals surface area contributed by atoms with Crippen LogP contribution in [0.15, 0.2) is 30.3 Å². The number of carboxylic acid groups (broad SMARTS) is 1. The van der Waals surface area contributed by atoms with Gasteiger partial charge in [-0.1, -0.05) is 37.3 Å². The number of rotatable bonds is 4. The third-order valence-corrected chi connectivity index (χ3v) is 2.70. The van der Waals surface area contributed by atoms with Crippen LogP contribution in [0, 0.1) is 5.92 Å². The first-order valence-electron chi connectivity index (χ1n) is 7.53. The SMILES string of the molecule is C[C@@H](CNC(=O)OC(C)(C)C)C(=O)O.C[C@H](N)c1ccccc1. The van der Waals surface area contributed by atoms with Gasteiger partial charge in [0.1, 0.15) is 5.60 Å². The molecule has 0 saturated carbocycles. The summed E-state index contributed by atoms with van der Waals surface area (Å²) in [5, 5.41) is 10.9. The monoisotopic (exact) mass is 324 g/mol. The van der Waals surface area contributed by atoms with Gasteiger partial charge in [-0.2, -0.15) is 0 Å². The van der Waals surface area contributed by atoms with Crippen molar-refractivity contribution in [1.82, 2.24) is 5.32 Å². The van der Waals surface area contributed by atoms with Crippen molar-refractivity contribution in [3.05, 3.63) is 35.9 Å². The van der Waals surface area contributed by atoms with Crippen LogP contribution < -0.4 is 11.1 Å². The number of benzene rings is 1. The summed E-state index contributed by atoms with van der Waals surface area (Å²) in [4.78, 5) is 21.5. The number of ether oxygens (including phenoxy) is 1. The second-order valence-electron chi connectivity index (χ2n) is 6.32. The topological polar surface area (TPSA) is 102 Å². The molecule has 0 heterocycles. The summed E-state index contributed by atoms with van der Waals surface area (Å²) in [7, 11) is 0. The highest BCUT2D eigenvalue weighted by atomic mass is 16.6. The smallest absolute Gasteiger partial charge is 0.407 e. The normalized spacial score (nSPS) is 13.1. The molecule has 1 rings (SSSR count). The third-order valence-electron chi connectivity index (χ3n) is 2.70. The van der Waals surface area contributed by atoms with Crippen LogP contribution in [-0.2, 0) is 9.53 Å². The van der Waals surface area contributed by atoms with E-state index in [4.69, 9.17) is 15.6 Å². The van der Waals surface area contributed by atoms with Gasteiger partial charge in [-0.15, -0.1) is 0 Å². The van der Waals surface area contributed by atoms with Crippen LogP contribution in [0.4, 0.5) is 4.79 Å². The van der Waals surface area contributed by atoms with Gasteiger partial charge in [0.15, 0.2) is 0 Å². The van der Waals surface area contributed by atoms with Gasteiger partial charge >= 0.3 is 12.1 Å². The number of hydrogen-bond acceptors (Lipinski definition) is 4. The van der Waals surface area contributed by atoms with Gasteiger partial charge in [0.05, 0.1) is 5.92 Å². The molecule has 6 nitrogen and oxygen atoms in total. The van der Waals surface area contributed by atoms with Gasteiger partial charge in [0.2, 0.25) is 0 Å². The molecule has 130 valence electrons. The van der Waals surface area contributed by atoms with Crippen LogP contribution in [0.2, 0.25) is 0 Å². The minimum absolute atomic E-state index is 0.0737. The standard InChI is InChI=1S/C9H17NO4.C8H11N/c1-6(7(11)12)5-10-8(13)14-9(2,3)4;1-7(9)8-5-3-2-4-6-8/h6H,5H2,1-4H3,(H,10,13)(H,11,12);2-7H,9H2,1H3/t6-;7-/m00/s1. The minimum Gasteiger partial charge on any atom is -0.481 e. The van der Waals surface area contributed by atoms with Crippen LogP contribution in [-0.4, -0.2) is 29.3 Å². The lowest BCUT2D eigenvalue weighted by Crippen LogP contribution is -2.36. The average molecular weight is 324 g/mol. The molecule has 23 heavy (non-hydrogen) atoms. The minimum atomic E-state index is -0.943. The van der Waals surface area contributed by atoms with Crippen molar-refractivity contribution in [1.29, 1.82) is 0 Å². The van der Waals surface area contributed by atoms with Crippen molar-refractivity contribution in [2.45, 2.75) is 46.3 Å². The van der Waals surface area contributed by atoms with Gasteiger partial charge in [-0.05, 0) is 33.3 Å². The summed E-state index contributed by atoms with van der Waals surface area (Å²) in [6.07, 6.45) is -0.592. The quantitative estimate of drug-likeness (QED) is 0.790. The van der Waals surface area contributed by atoms with Gasteiger partial charge in [-0.25, -0.2) is 4.79 Å². The average Bonchev–Trinajstić information content (AvgIpc) is 2.44. The largest absolute Gasteiger partial charge is 0.481 e. The molecule has 1 amide bonds. The number of hydrogen-bond donors (Lipinski definition) is 3. The van der Waals surface area contributed by atoms with E-state index in [1.165, 1.54) is 12.5 Å². The van der Waals surface area contributed by atoms with E-state index in [0.29, 0.717) is 0 Å². The van der Waals surface area contributed by atoms with E-state index in [-0.39, 0.29) is 12.6 Å². The summed E-state index contributed by atoms with van der Waals surface area (Å²) < 4.78 is 4.92. The highest BCUT2D eigenvalue weighted by Gasteiger charge is 2.17. The molecule has 0 aliphatic rings. The fraction of sp³-hybridized carbons (Fsp3) is 0.529. The lowest BCUT2D eigenvalue weighted by molar-refractivity contribution is -0.140. The summed E-state index contributed by atoms with van der Waals surface area (Å²) >= 11 is 0. The van der Waals surface area contributed by atoms with Crippen molar-refractivity contribution in [3.8, 4) is 0 Å². The maximum absolute atomic E-state index is 11.1. The zero-order valence-electron chi connectivity index (χ0n) is 14.5. The van der Waals surface area contributed by atoms with Gasteiger partial charge in [0.25, 0.3) is 0 Å². The second kappa shape index (κ2) is 9.84. The van der Waals surface area contributed by atoms with E-state index in [1.54, 1.807) is 20.8 Å². The molecule has 2 atom stereocenters. The van der Waals surface area contributed by atoms with E-state index in [1.807, 2.05) is 37.3 Å². The lowest BCUT2D eigenvalue weighted by atomic mass is 10.1. The fourth-order valence-electron chi connectivity index (χ4n) is 1.39. The number of nitrogens with two attached hydrogens (primary N) is 1. The summed E-state index contributed by atoms with van der Waals surface area (Å²) in [5.74, 6) is -1.55. The Balaban J connectivity index is 0.000000459. The zero-order valence-corrected chi connectivity index (χ0v) is 14.5. The highest BCUT2D eigenvalue weighted by Crippen LogP contribution is 2.07. The van der Waals surface area contributed by atoms with Crippen LogP contribution in [0.25, 0.3) is 0 Å². The molecule has 6 heteroatoms. The predicted molar refractivity (Wildman–Crippen MR) is 90.1 cm³/mol. The lowest BCUT2D eigenvalue weighted by Gasteiger charge is -2.20. The van der Waals surface area contributed by atoms with Gasteiger partial charge in [-0.3, -0.25) is 4.79 Å². The van der Waals surface area contributed by atoms with E-state index in [9.17, 15) is 9.59 Å².